The highest BCUT2D eigenvalue weighted by atomic mass is 35.5. The van der Waals surface area contributed by atoms with Crippen LogP contribution in [-0.4, -0.2) is 41.7 Å². The van der Waals surface area contributed by atoms with Crippen molar-refractivity contribution >= 4 is 23.2 Å². The van der Waals surface area contributed by atoms with E-state index in [0.29, 0.717) is 23.7 Å². The Balaban J connectivity index is 1.80. The zero-order valence-electron chi connectivity index (χ0n) is 10.8. The molecule has 0 saturated carbocycles. The lowest BCUT2D eigenvalue weighted by Crippen LogP contribution is -2.34. The molecule has 1 fully saturated rings. The minimum Gasteiger partial charge on any atom is -0.395 e. The molecule has 104 valence electrons. The van der Waals surface area contributed by atoms with Crippen LogP contribution in [0, 0.1) is 0 Å². The molecule has 1 saturated heterocycles. The lowest BCUT2D eigenvalue weighted by atomic mass is 10.2. The van der Waals surface area contributed by atoms with E-state index in [1.165, 1.54) is 0 Å². The molecule has 1 unspecified atom stereocenters. The number of carbonyl (C=O) groups excluding carboxylic acids is 1. The number of aliphatic hydroxyl groups is 1. The summed E-state index contributed by atoms with van der Waals surface area (Å²) < 4.78 is 0. The number of hydrogen-bond donors (Lipinski definition) is 2. The Morgan fingerprint density at radius 1 is 1.47 bits per heavy atom. The number of amides is 1. The first-order valence-electron chi connectivity index (χ1n) is 6.60. The van der Waals surface area contributed by atoms with Gasteiger partial charge in [0.2, 0.25) is 5.91 Å². The predicted octanol–water partition coefficient (Wildman–Crippen LogP) is 2.13. The first-order valence-corrected chi connectivity index (χ1v) is 6.98. The fourth-order valence-electron chi connectivity index (χ4n) is 2.42. The Bertz CT molecular complexity index is 439. The van der Waals surface area contributed by atoms with Gasteiger partial charge in [0.05, 0.1) is 17.3 Å². The number of rotatable bonds is 5. The average Bonchev–Trinajstić information content (AvgIpc) is 2.86. The van der Waals surface area contributed by atoms with E-state index < -0.39 is 0 Å². The molecule has 19 heavy (non-hydrogen) atoms. The van der Waals surface area contributed by atoms with Crippen molar-refractivity contribution in [2.45, 2.75) is 25.3 Å². The molecule has 0 aliphatic carbocycles. The molecule has 1 atom stereocenters. The predicted molar refractivity (Wildman–Crippen MR) is 76.4 cm³/mol. The van der Waals surface area contributed by atoms with Crippen LogP contribution in [0.2, 0.25) is 5.02 Å². The van der Waals surface area contributed by atoms with E-state index in [0.717, 1.165) is 19.4 Å². The zero-order chi connectivity index (χ0) is 13.7. The van der Waals surface area contributed by atoms with Gasteiger partial charge in [-0.15, -0.1) is 0 Å². The summed E-state index contributed by atoms with van der Waals surface area (Å²) in [6.07, 6.45) is 2.53. The molecular weight excluding hydrogens is 264 g/mol. The quantitative estimate of drug-likeness (QED) is 0.870. The maximum atomic E-state index is 11.9. The summed E-state index contributed by atoms with van der Waals surface area (Å²) in [5, 5.41) is 12.6. The summed E-state index contributed by atoms with van der Waals surface area (Å²) in [6.45, 7) is 1.82. The number of aliphatic hydroxyl groups excluding tert-OH is 1. The van der Waals surface area contributed by atoms with Crippen molar-refractivity contribution in [3.05, 3.63) is 29.3 Å². The molecular formula is C14H19ClN2O2. The fourth-order valence-corrected chi connectivity index (χ4v) is 2.60. The highest BCUT2D eigenvalue weighted by Crippen LogP contribution is 2.21. The third kappa shape index (κ3) is 3.93. The Morgan fingerprint density at radius 3 is 3.00 bits per heavy atom. The molecule has 0 aromatic heterocycles. The van der Waals surface area contributed by atoms with Gasteiger partial charge in [-0.25, -0.2) is 0 Å². The summed E-state index contributed by atoms with van der Waals surface area (Å²) in [7, 11) is 0. The smallest absolute Gasteiger partial charge is 0.225 e. The standard InChI is InChI=1S/C14H19ClN2O2/c15-12-5-1-2-6-13(12)16-14(19)7-9-17-8-3-4-11(17)10-18/h1-2,5-6,11,18H,3-4,7-10H2,(H,16,19). The van der Waals surface area contributed by atoms with E-state index in [1.807, 2.05) is 12.1 Å². The number of para-hydroxylation sites is 1. The van der Waals surface area contributed by atoms with Gasteiger partial charge in [0, 0.05) is 19.0 Å². The van der Waals surface area contributed by atoms with Crippen molar-refractivity contribution in [2.24, 2.45) is 0 Å². The number of anilines is 1. The Morgan fingerprint density at radius 2 is 2.26 bits per heavy atom. The minimum absolute atomic E-state index is 0.0447. The van der Waals surface area contributed by atoms with Crippen LogP contribution in [0.15, 0.2) is 24.3 Å². The van der Waals surface area contributed by atoms with E-state index in [4.69, 9.17) is 11.6 Å². The molecule has 5 heteroatoms. The van der Waals surface area contributed by atoms with Crippen molar-refractivity contribution in [1.82, 2.24) is 4.90 Å². The lowest BCUT2D eigenvalue weighted by Gasteiger charge is -2.22. The highest BCUT2D eigenvalue weighted by Gasteiger charge is 2.23. The molecule has 1 aromatic carbocycles. The summed E-state index contributed by atoms with van der Waals surface area (Å²) in [5.74, 6) is -0.0447. The van der Waals surface area contributed by atoms with Crippen molar-refractivity contribution in [3.63, 3.8) is 0 Å². The first-order chi connectivity index (χ1) is 9.20. The van der Waals surface area contributed by atoms with Crippen molar-refractivity contribution in [1.29, 1.82) is 0 Å². The van der Waals surface area contributed by atoms with E-state index >= 15 is 0 Å². The summed E-state index contributed by atoms with van der Waals surface area (Å²) in [6, 6.07) is 7.41. The zero-order valence-corrected chi connectivity index (χ0v) is 11.6. The lowest BCUT2D eigenvalue weighted by molar-refractivity contribution is -0.116. The minimum atomic E-state index is -0.0447. The molecule has 1 aromatic rings. The molecule has 0 spiro atoms. The van der Waals surface area contributed by atoms with E-state index in [-0.39, 0.29) is 18.6 Å². The Kier molecular flexibility index (Phi) is 5.19. The van der Waals surface area contributed by atoms with Gasteiger partial charge in [-0.05, 0) is 31.5 Å². The van der Waals surface area contributed by atoms with Crippen LogP contribution in [0.4, 0.5) is 5.69 Å². The second-order valence-electron chi connectivity index (χ2n) is 4.79. The first kappa shape index (κ1) is 14.3. The number of hydrogen-bond acceptors (Lipinski definition) is 3. The largest absolute Gasteiger partial charge is 0.395 e. The van der Waals surface area contributed by atoms with Crippen molar-refractivity contribution in [2.75, 3.05) is 25.0 Å². The number of carbonyl (C=O) groups is 1. The van der Waals surface area contributed by atoms with Crippen LogP contribution in [0.3, 0.4) is 0 Å². The van der Waals surface area contributed by atoms with Gasteiger partial charge >= 0.3 is 0 Å². The maximum absolute atomic E-state index is 11.9. The summed E-state index contributed by atoms with van der Waals surface area (Å²) in [5.41, 5.74) is 0.647. The van der Waals surface area contributed by atoms with Crippen LogP contribution >= 0.6 is 11.6 Å². The average molecular weight is 283 g/mol. The van der Waals surface area contributed by atoms with Gasteiger partial charge < -0.3 is 10.4 Å². The molecule has 2 rings (SSSR count). The van der Waals surface area contributed by atoms with Gasteiger partial charge in [-0.3, -0.25) is 9.69 Å². The number of nitrogens with zero attached hydrogens (tertiary/aromatic N) is 1. The van der Waals surface area contributed by atoms with Crippen molar-refractivity contribution < 1.29 is 9.90 Å². The van der Waals surface area contributed by atoms with Crippen LogP contribution in [0.25, 0.3) is 0 Å². The molecule has 0 radical (unpaired) electrons. The Labute approximate surface area is 118 Å². The highest BCUT2D eigenvalue weighted by molar-refractivity contribution is 6.33. The topological polar surface area (TPSA) is 52.6 Å². The molecule has 1 amide bonds. The number of halogens is 1. The molecule has 0 bridgehead atoms. The SMILES string of the molecule is O=C(CCN1CCCC1CO)Nc1ccccc1Cl. The molecule has 1 heterocycles. The number of likely N-dealkylation sites (tertiary alicyclic amines) is 1. The normalized spacial score (nSPS) is 19.6. The van der Waals surface area contributed by atoms with Crippen LogP contribution in [-0.2, 0) is 4.79 Å². The number of benzene rings is 1. The van der Waals surface area contributed by atoms with Crippen LogP contribution < -0.4 is 5.32 Å². The maximum Gasteiger partial charge on any atom is 0.225 e. The second kappa shape index (κ2) is 6.89. The fraction of sp³-hybridized carbons (Fsp3) is 0.500. The van der Waals surface area contributed by atoms with Gasteiger partial charge in [0.15, 0.2) is 0 Å². The van der Waals surface area contributed by atoms with E-state index in [9.17, 15) is 9.90 Å². The van der Waals surface area contributed by atoms with E-state index in [1.54, 1.807) is 12.1 Å². The van der Waals surface area contributed by atoms with E-state index in [2.05, 4.69) is 10.2 Å². The molecule has 1 aliphatic rings. The summed E-state index contributed by atoms with van der Waals surface area (Å²) >= 11 is 5.98. The molecule has 2 N–H and O–H groups in total. The van der Waals surface area contributed by atoms with Crippen molar-refractivity contribution in [3.8, 4) is 0 Å². The second-order valence-corrected chi connectivity index (χ2v) is 5.20. The Hall–Kier alpha value is -1.10. The molecule has 4 nitrogen and oxygen atoms in total. The van der Waals surface area contributed by atoms with Gasteiger partial charge in [-0.1, -0.05) is 23.7 Å². The number of nitrogens with one attached hydrogen (secondary N) is 1. The van der Waals surface area contributed by atoms with Gasteiger partial charge in [-0.2, -0.15) is 0 Å². The monoisotopic (exact) mass is 282 g/mol. The molecule has 1 aliphatic heterocycles. The van der Waals surface area contributed by atoms with Gasteiger partial charge in [0.1, 0.15) is 0 Å². The van der Waals surface area contributed by atoms with Crippen LogP contribution in [0.1, 0.15) is 19.3 Å². The summed E-state index contributed by atoms with van der Waals surface area (Å²) in [4.78, 5) is 14.0. The van der Waals surface area contributed by atoms with Gasteiger partial charge in [0.25, 0.3) is 0 Å². The third-order valence-electron chi connectivity index (χ3n) is 3.48. The van der Waals surface area contributed by atoms with Crippen LogP contribution in [0.5, 0.6) is 0 Å². The third-order valence-corrected chi connectivity index (χ3v) is 3.81.